The monoisotopic (exact) mass is 200 g/mol. The summed E-state index contributed by atoms with van der Waals surface area (Å²) in [5.41, 5.74) is 1.18. The van der Waals surface area contributed by atoms with Gasteiger partial charge in [0.25, 0.3) is 5.95 Å². The van der Waals surface area contributed by atoms with Crippen molar-refractivity contribution in [3.05, 3.63) is 59.0 Å². The molecule has 76 valence electrons. The van der Waals surface area contributed by atoms with E-state index in [1.54, 1.807) is 0 Å². The Bertz CT molecular complexity index is 499. The highest BCUT2D eigenvalue weighted by Gasteiger charge is 1.94. The predicted molar refractivity (Wildman–Crippen MR) is 60.4 cm³/mol. The lowest BCUT2D eigenvalue weighted by Gasteiger charge is -1.96. The van der Waals surface area contributed by atoms with Gasteiger partial charge in [0.05, 0.1) is 12.3 Å². The van der Waals surface area contributed by atoms with Crippen molar-refractivity contribution in [3.63, 3.8) is 0 Å². The highest BCUT2D eigenvalue weighted by atomic mass is 16.6. The molecule has 0 bridgehead atoms. The van der Waals surface area contributed by atoms with Crippen molar-refractivity contribution in [1.29, 1.82) is 0 Å². The molecule has 1 aliphatic carbocycles. The van der Waals surface area contributed by atoms with E-state index >= 15 is 0 Å². The van der Waals surface area contributed by atoms with E-state index in [0.29, 0.717) is 5.22 Å². The van der Waals surface area contributed by atoms with Gasteiger partial charge < -0.3 is 9.84 Å². The van der Waals surface area contributed by atoms with E-state index in [1.807, 2.05) is 36.4 Å². The molecule has 0 unspecified atom stereocenters. The summed E-state index contributed by atoms with van der Waals surface area (Å²) in [6.45, 7) is 0. The van der Waals surface area contributed by atoms with E-state index in [1.165, 1.54) is 12.7 Å². The molecule has 0 spiro atoms. The maximum atomic E-state index is 9.35. The number of allylic oxidation sites excluding steroid dienone is 4. The lowest BCUT2D eigenvalue weighted by atomic mass is 10.2. The smallest absolute Gasteiger partial charge is 0.283 e. The summed E-state index contributed by atoms with van der Waals surface area (Å²) >= 11 is 0. The van der Waals surface area contributed by atoms with E-state index in [4.69, 9.17) is 4.74 Å². The van der Waals surface area contributed by atoms with Crippen molar-refractivity contribution in [2.75, 3.05) is 7.11 Å². The number of hydrogen-bond donors (Lipinski definition) is 1. The van der Waals surface area contributed by atoms with Gasteiger partial charge in [-0.3, -0.25) is 0 Å². The van der Waals surface area contributed by atoms with Gasteiger partial charge in [0.15, 0.2) is 0 Å². The van der Waals surface area contributed by atoms with E-state index in [-0.39, 0.29) is 5.95 Å². The van der Waals surface area contributed by atoms with Crippen LogP contribution < -0.4 is 10.4 Å². The molecule has 2 rings (SSSR count). The molecule has 0 aromatic heterocycles. The molecular weight excluding hydrogens is 188 g/mol. The van der Waals surface area contributed by atoms with Crippen molar-refractivity contribution in [2.24, 2.45) is 0 Å². The van der Waals surface area contributed by atoms with Gasteiger partial charge in [-0.1, -0.05) is 36.4 Å². The number of rotatable bonds is 1. The summed E-state index contributed by atoms with van der Waals surface area (Å²) in [7, 11) is 1.44. The maximum Gasteiger partial charge on any atom is 0.283 e. The van der Waals surface area contributed by atoms with Crippen molar-refractivity contribution in [1.82, 2.24) is 0 Å². The highest BCUT2D eigenvalue weighted by Crippen LogP contribution is 2.05. The molecule has 0 radical (unpaired) electrons. The highest BCUT2D eigenvalue weighted by molar-refractivity contribution is 5.71. The van der Waals surface area contributed by atoms with E-state index in [9.17, 15) is 5.11 Å². The quantitative estimate of drug-likeness (QED) is 0.739. The molecule has 0 fully saturated rings. The molecule has 1 N–H and O–H groups in total. The first-order valence-electron chi connectivity index (χ1n) is 4.73. The molecule has 2 heteroatoms. The number of methoxy groups -OCH3 is 1. The first-order valence-corrected chi connectivity index (χ1v) is 4.73. The standard InChI is InChI=1S/C13H12O2/c1-15-13(14)12-8-6-11(7-9-12)10-4-2-3-5-10/h2-9,14H,1H3. The number of aliphatic hydroxyl groups is 1. The minimum Gasteiger partial charge on any atom is -0.481 e. The van der Waals surface area contributed by atoms with Gasteiger partial charge >= 0.3 is 0 Å². The first-order chi connectivity index (χ1) is 7.31. The van der Waals surface area contributed by atoms with Crippen LogP contribution in [0.5, 0.6) is 0 Å². The molecule has 1 aliphatic rings. The summed E-state index contributed by atoms with van der Waals surface area (Å²) in [6, 6.07) is 7.59. The second-order valence-corrected chi connectivity index (χ2v) is 3.26. The largest absolute Gasteiger partial charge is 0.481 e. The zero-order valence-corrected chi connectivity index (χ0v) is 8.47. The third kappa shape index (κ3) is 1.94. The second kappa shape index (κ2) is 4.05. The Balaban J connectivity index is 2.54. The van der Waals surface area contributed by atoms with Gasteiger partial charge in [0, 0.05) is 0 Å². The number of benzene rings is 1. The Labute approximate surface area is 88.1 Å². The van der Waals surface area contributed by atoms with Gasteiger partial charge in [0.2, 0.25) is 0 Å². The normalized spacial score (nSPS) is 13.3. The number of hydrogen-bond acceptors (Lipinski definition) is 2. The Hall–Kier alpha value is -1.96. The van der Waals surface area contributed by atoms with Crippen LogP contribution in [-0.2, 0) is 4.74 Å². The van der Waals surface area contributed by atoms with Crippen molar-refractivity contribution < 1.29 is 9.84 Å². The summed E-state index contributed by atoms with van der Waals surface area (Å²) < 4.78 is 4.74. The zero-order chi connectivity index (χ0) is 10.7. The molecule has 15 heavy (non-hydrogen) atoms. The molecular formula is C13H12O2. The lowest BCUT2D eigenvalue weighted by Crippen LogP contribution is -2.12. The van der Waals surface area contributed by atoms with Crippen LogP contribution in [0.4, 0.5) is 0 Å². The first kappa shape index (κ1) is 9.59. The summed E-state index contributed by atoms with van der Waals surface area (Å²) in [5, 5.41) is 11.2. The average Bonchev–Trinajstić information content (AvgIpc) is 2.82. The van der Waals surface area contributed by atoms with E-state index in [0.717, 1.165) is 5.22 Å². The zero-order valence-electron chi connectivity index (χ0n) is 8.47. The van der Waals surface area contributed by atoms with Crippen LogP contribution in [0.2, 0.25) is 0 Å². The van der Waals surface area contributed by atoms with Crippen molar-refractivity contribution >= 4 is 11.5 Å². The predicted octanol–water partition coefficient (Wildman–Crippen LogP) is 1.23. The van der Waals surface area contributed by atoms with Crippen molar-refractivity contribution in [3.8, 4) is 0 Å². The van der Waals surface area contributed by atoms with Crippen LogP contribution in [-0.4, -0.2) is 12.2 Å². The Morgan fingerprint density at radius 3 is 2.20 bits per heavy atom. The molecule has 1 aromatic carbocycles. The Morgan fingerprint density at radius 2 is 1.67 bits per heavy atom. The van der Waals surface area contributed by atoms with Gasteiger partial charge in [-0.05, 0) is 22.9 Å². The van der Waals surface area contributed by atoms with Gasteiger partial charge in [0.1, 0.15) is 0 Å². The maximum absolute atomic E-state index is 9.35. The topological polar surface area (TPSA) is 29.5 Å². The van der Waals surface area contributed by atoms with Crippen LogP contribution in [0.15, 0.2) is 48.6 Å². The fraction of sp³-hybridized carbons (Fsp3) is 0.0769. The van der Waals surface area contributed by atoms with Crippen LogP contribution >= 0.6 is 0 Å². The van der Waals surface area contributed by atoms with E-state index in [2.05, 4.69) is 12.2 Å². The third-order valence-corrected chi connectivity index (χ3v) is 2.32. The van der Waals surface area contributed by atoms with Crippen LogP contribution in [0.1, 0.15) is 0 Å². The molecule has 0 heterocycles. The fourth-order valence-electron chi connectivity index (χ4n) is 1.49. The van der Waals surface area contributed by atoms with Crippen LogP contribution in [0.25, 0.3) is 11.5 Å². The summed E-state index contributed by atoms with van der Waals surface area (Å²) in [5.74, 6) is -0.0518. The molecule has 0 atom stereocenters. The van der Waals surface area contributed by atoms with Crippen molar-refractivity contribution in [2.45, 2.75) is 0 Å². The minimum atomic E-state index is -0.0518. The summed E-state index contributed by atoms with van der Waals surface area (Å²) in [4.78, 5) is 0. The second-order valence-electron chi connectivity index (χ2n) is 3.26. The third-order valence-electron chi connectivity index (χ3n) is 2.32. The average molecular weight is 200 g/mol. The molecule has 0 saturated heterocycles. The minimum absolute atomic E-state index is 0.0518. The number of ether oxygens (including phenoxy) is 1. The van der Waals surface area contributed by atoms with E-state index < -0.39 is 0 Å². The number of aliphatic hydroxyl groups excluding tert-OH is 1. The fourth-order valence-corrected chi connectivity index (χ4v) is 1.49. The van der Waals surface area contributed by atoms with Crippen LogP contribution in [0.3, 0.4) is 0 Å². The van der Waals surface area contributed by atoms with Gasteiger partial charge in [-0.15, -0.1) is 0 Å². The lowest BCUT2D eigenvalue weighted by molar-refractivity contribution is 0.231. The molecule has 0 amide bonds. The Morgan fingerprint density at radius 1 is 1.07 bits per heavy atom. The summed E-state index contributed by atoms with van der Waals surface area (Å²) in [6.07, 6.45) is 8.10. The Kier molecular flexibility index (Phi) is 2.59. The SMILES string of the molecule is COC(O)=c1ccc(=C2C=CC=C2)cc1. The molecule has 0 aliphatic heterocycles. The van der Waals surface area contributed by atoms with Gasteiger partial charge in [-0.2, -0.15) is 0 Å². The molecule has 2 nitrogen and oxygen atoms in total. The molecule has 0 saturated carbocycles. The van der Waals surface area contributed by atoms with Gasteiger partial charge in [-0.25, -0.2) is 0 Å². The molecule has 1 aromatic rings. The van der Waals surface area contributed by atoms with Crippen LogP contribution in [0, 0.1) is 0 Å².